The third-order valence-electron chi connectivity index (χ3n) is 4.98. The van der Waals surface area contributed by atoms with Crippen molar-refractivity contribution in [3.05, 3.63) is 70.1 Å². The van der Waals surface area contributed by atoms with Gasteiger partial charge in [-0.1, -0.05) is 0 Å². The molecule has 0 N–H and O–H groups in total. The first kappa shape index (κ1) is 13.7. The van der Waals surface area contributed by atoms with Crippen molar-refractivity contribution in [1.82, 2.24) is 9.55 Å². The summed E-state index contributed by atoms with van der Waals surface area (Å²) in [7, 11) is 0. The summed E-state index contributed by atoms with van der Waals surface area (Å²) in [6.07, 6.45) is 6.45. The molecule has 26 heavy (non-hydrogen) atoms. The van der Waals surface area contributed by atoms with Gasteiger partial charge >= 0.3 is 0 Å². The SMILES string of the molecule is O=c1c2c(cc3n1Cc1cc4cc5c(cc4nc1-3)OC=CO5)C=COC2. The molecule has 0 atom stereocenters. The highest BCUT2D eigenvalue weighted by atomic mass is 16.5. The first-order valence-electron chi connectivity index (χ1n) is 8.29. The molecule has 6 rings (SSSR count). The lowest BCUT2D eigenvalue weighted by Gasteiger charge is -2.14. The average Bonchev–Trinajstić information content (AvgIpc) is 3.02. The Kier molecular flexibility index (Phi) is 2.51. The summed E-state index contributed by atoms with van der Waals surface area (Å²) in [5.41, 5.74) is 5.08. The molecule has 2 aromatic heterocycles. The van der Waals surface area contributed by atoms with Crippen molar-refractivity contribution < 1.29 is 14.2 Å². The highest BCUT2D eigenvalue weighted by molar-refractivity contribution is 5.87. The molecule has 0 unspecified atom stereocenters. The van der Waals surface area contributed by atoms with Crippen molar-refractivity contribution in [2.75, 3.05) is 0 Å². The van der Waals surface area contributed by atoms with Gasteiger partial charge in [-0.25, -0.2) is 4.98 Å². The van der Waals surface area contributed by atoms with Crippen molar-refractivity contribution in [3.8, 4) is 22.9 Å². The molecule has 3 aliphatic heterocycles. The topological polar surface area (TPSA) is 62.6 Å². The monoisotopic (exact) mass is 344 g/mol. The lowest BCUT2D eigenvalue weighted by molar-refractivity contribution is 0.232. The van der Waals surface area contributed by atoms with Gasteiger partial charge in [0.05, 0.1) is 35.3 Å². The minimum Gasteiger partial charge on any atom is -0.496 e. The highest BCUT2D eigenvalue weighted by Gasteiger charge is 2.26. The maximum atomic E-state index is 12.8. The zero-order valence-electron chi connectivity index (χ0n) is 13.6. The number of pyridine rings is 2. The number of hydrogen-bond donors (Lipinski definition) is 0. The molecule has 0 radical (unpaired) electrons. The summed E-state index contributed by atoms with van der Waals surface area (Å²) in [5, 5.41) is 0.954. The standard InChI is InChI=1S/C20H12N2O4/c23-20-14-10-24-2-1-11(14)6-16-19-13(9-22(16)20)5-12-7-17-18(8-15(12)21-19)26-4-3-25-17/h1-8H,9-10H2. The second-order valence-electron chi connectivity index (χ2n) is 6.46. The molecule has 0 bridgehead atoms. The maximum Gasteiger partial charge on any atom is 0.258 e. The van der Waals surface area contributed by atoms with Crippen LogP contribution in [-0.2, 0) is 17.9 Å². The molecule has 0 saturated heterocycles. The number of ether oxygens (including phenoxy) is 3. The Labute approximate surface area is 147 Å². The largest absolute Gasteiger partial charge is 0.496 e. The van der Waals surface area contributed by atoms with Crippen molar-refractivity contribution in [2.24, 2.45) is 0 Å². The molecule has 5 heterocycles. The highest BCUT2D eigenvalue weighted by Crippen LogP contribution is 2.38. The second kappa shape index (κ2) is 4.76. The molecule has 3 aliphatic rings. The predicted octanol–water partition coefficient (Wildman–Crippen LogP) is 3.17. The van der Waals surface area contributed by atoms with Gasteiger partial charge in [-0.15, -0.1) is 0 Å². The van der Waals surface area contributed by atoms with E-state index in [-0.39, 0.29) is 5.56 Å². The third-order valence-corrected chi connectivity index (χ3v) is 4.98. The van der Waals surface area contributed by atoms with Gasteiger partial charge in [-0.05, 0) is 29.8 Å². The Morgan fingerprint density at radius 3 is 2.73 bits per heavy atom. The summed E-state index contributed by atoms with van der Waals surface area (Å²) in [4.78, 5) is 17.7. The van der Waals surface area contributed by atoms with E-state index in [9.17, 15) is 4.79 Å². The Morgan fingerprint density at radius 2 is 1.85 bits per heavy atom. The summed E-state index contributed by atoms with van der Waals surface area (Å²) >= 11 is 0. The van der Waals surface area contributed by atoms with Crippen LogP contribution in [0.25, 0.3) is 28.4 Å². The van der Waals surface area contributed by atoms with Crippen molar-refractivity contribution in [3.63, 3.8) is 0 Å². The summed E-state index contributed by atoms with van der Waals surface area (Å²) in [6.45, 7) is 0.822. The van der Waals surface area contributed by atoms with Crippen LogP contribution in [0.1, 0.15) is 16.7 Å². The van der Waals surface area contributed by atoms with Crippen molar-refractivity contribution in [2.45, 2.75) is 13.2 Å². The van der Waals surface area contributed by atoms with Gasteiger partial charge in [-0.3, -0.25) is 4.79 Å². The van der Waals surface area contributed by atoms with Gasteiger partial charge in [0.25, 0.3) is 5.56 Å². The van der Waals surface area contributed by atoms with Gasteiger partial charge in [0.15, 0.2) is 11.5 Å². The molecule has 0 fully saturated rings. The molecule has 0 spiro atoms. The lowest BCUT2D eigenvalue weighted by Crippen LogP contribution is -2.25. The first-order chi connectivity index (χ1) is 12.8. The Bertz CT molecular complexity index is 1240. The van der Waals surface area contributed by atoms with Gasteiger partial charge in [0.1, 0.15) is 19.1 Å². The number of rotatable bonds is 0. The molecule has 0 amide bonds. The predicted molar refractivity (Wildman–Crippen MR) is 94.8 cm³/mol. The average molecular weight is 344 g/mol. The Balaban J connectivity index is 1.60. The quantitative estimate of drug-likeness (QED) is 0.490. The smallest absolute Gasteiger partial charge is 0.258 e. The van der Waals surface area contributed by atoms with Gasteiger partial charge < -0.3 is 18.8 Å². The number of nitrogens with zero attached hydrogens (tertiary/aromatic N) is 2. The van der Waals surface area contributed by atoms with Crippen LogP contribution in [0.2, 0.25) is 0 Å². The van der Waals surface area contributed by atoms with Crippen LogP contribution >= 0.6 is 0 Å². The molecule has 6 heteroatoms. The van der Waals surface area contributed by atoms with Crippen molar-refractivity contribution in [1.29, 1.82) is 0 Å². The van der Waals surface area contributed by atoms with Gasteiger partial charge in [-0.2, -0.15) is 0 Å². The lowest BCUT2D eigenvalue weighted by atomic mass is 10.1. The van der Waals surface area contributed by atoms with Gasteiger partial charge in [0.2, 0.25) is 0 Å². The molecule has 0 saturated carbocycles. The second-order valence-corrected chi connectivity index (χ2v) is 6.46. The van der Waals surface area contributed by atoms with E-state index < -0.39 is 0 Å². The van der Waals surface area contributed by atoms with E-state index in [1.54, 1.807) is 10.8 Å². The van der Waals surface area contributed by atoms with E-state index >= 15 is 0 Å². The maximum absolute atomic E-state index is 12.8. The number of fused-ring (bicyclic) bond motifs is 6. The third kappa shape index (κ3) is 1.75. The fourth-order valence-electron chi connectivity index (χ4n) is 3.73. The Morgan fingerprint density at radius 1 is 1.00 bits per heavy atom. The fraction of sp³-hybridized carbons (Fsp3) is 0.100. The zero-order chi connectivity index (χ0) is 17.3. The van der Waals surface area contributed by atoms with Crippen LogP contribution in [0, 0.1) is 0 Å². The summed E-state index contributed by atoms with van der Waals surface area (Å²) < 4.78 is 18.0. The Hall–Kier alpha value is -3.54. The molecule has 126 valence electrons. The van der Waals surface area contributed by atoms with Crippen LogP contribution in [0.15, 0.2) is 47.8 Å². The molecule has 3 aromatic rings. The first-order valence-corrected chi connectivity index (χ1v) is 8.29. The van der Waals surface area contributed by atoms with E-state index in [1.165, 1.54) is 12.5 Å². The summed E-state index contributed by atoms with van der Waals surface area (Å²) in [5.74, 6) is 1.29. The number of benzene rings is 1. The van der Waals surface area contributed by atoms with Gasteiger partial charge in [0, 0.05) is 17.0 Å². The molecular weight excluding hydrogens is 332 g/mol. The molecule has 6 nitrogen and oxygen atoms in total. The van der Waals surface area contributed by atoms with E-state index in [0.717, 1.165) is 33.4 Å². The number of aromatic nitrogens is 2. The number of hydrogen-bond acceptors (Lipinski definition) is 5. The van der Waals surface area contributed by atoms with Crippen LogP contribution < -0.4 is 15.0 Å². The fourth-order valence-corrected chi connectivity index (χ4v) is 3.73. The molecular formula is C20H12N2O4. The van der Waals surface area contributed by atoms with E-state index in [0.29, 0.717) is 30.2 Å². The van der Waals surface area contributed by atoms with Crippen molar-refractivity contribution >= 4 is 17.0 Å². The normalized spacial score (nSPS) is 15.4. The van der Waals surface area contributed by atoms with Crippen LogP contribution in [-0.4, -0.2) is 9.55 Å². The molecule has 1 aromatic carbocycles. The summed E-state index contributed by atoms with van der Waals surface area (Å²) in [6, 6.07) is 7.86. The van der Waals surface area contributed by atoms with Crippen LogP contribution in [0.3, 0.4) is 0 Å². The minimum atomic E-state index is -0.0148. The van der Waals surface area contributed by atoms with E-state index in [1.807, 2.05) is 24.3 Å². The van der Waals surface area contributed by atoms with E-state index in [2.05, 4.69) is 6.07 Å². The van der Waals surface area contributed by atoms with Crippen LogP contribution in [0.4, 0.5) is 0 Å². The zero-order valence-corrected chi connectivity index (χ0v) is 13.6. The molecule has 0 aliphatic carbocycles. The minimum absolute atomic E-state index is 0.0148. The van der Waals surface area contributed by atoms with E-state index in [4.69, 9.17) is 19.2 Å². The van der Waals surface area contributed by atoms with Crippen LogP contribution in [0.5, 0.6) is 11.5 Å².